The maximum atomic E-state index is 2.57. The number of rotatable bonds is 3. The molecule has 0 aromatic carbocycles. The van der Waals surface area contributed by atoms with Gasteiger partial charge in [0.2, 0.25) is 0 Å². The van der Waals surface area contributed by atoms with Gasteiger partial charge in [0, 0.05) is 0 Å². The highest BCUT2D eigenvalue weighted by Gasteiger charge is 2.51. The van der Waals surface area contributed by atoms with Gasteiger partial charge in [-0.3, -0.25) is 0 Å². The van der Waals surface area contributed by atoms with E-state index in [1.165, 1.54) is 24.0 Å². The van der Waals surface area contributed by atoms with Crippen molar-refractivity contribution in [3.63, 3.8) is 0 Å². The summed E-state index contributed by atoms with van der Waals surface area (Å²) >= 11 is 0. The fourth-order valence-electron chi connectivity index (χ4n) is 2.77. The molecule has 0 amide bonds. The van der Waals surface area contributed by atoms with Crippen LogP contribution >= 0.6 is 10.0 Å². The Balaban J connectivity index is 1.75. The Morgan fingerprint density at radius 3 is 2.64 bits per heavy atom. The van der Waals surface area contributed by atoms with E-state index in [9.17, 15) is 0 Å². The second kappa shape index (κ2) is 2.69. The smallest absolute Gasteiger partial charge is 0.00711 e. The molecule has 3 unspecified atom stereocenters. The lowest BCUT2D eigenvalue weighted by atomic mass is 9.96. The summed E-state index contributed by atoms with van der Waals surface area (Å²) in [6.45, 7) is 2.31. The molecule has 0 bridgehead atoms. The summed E-state index contributed by atoms with van der Waals surface area (Å²) in [6, 6.07) is 0. The van der Waals surface area contributed by atoms with Gasteiger partial charge in [0.15, 0.2) is 0 Å². The molecule has 0 saturated carbocycles. The zero-order valence-corrected chi connectivity index (χ0v) is 8.62. The zero-order valence-electron chi connectivity index (χ0n) is 7.81. The maximum Gasteiger partial charge on any atom is -0.00711 e. The first-order chi connectivity index (χ1) is 5.26. The average Bonchev–Trinajstić information content (AvgIpc) is 1.99. The molecular formula is C10H20S. The number of hydrogen-bond acceptors (Lipinski definition) is 0. The third-order valence-corrected chi connectivity index (χ3v) is 8.09. The molecule has 2 rings (SSSR count). The fraction of sp³-hybridized carbons (Fsp3) is 1.00. The van der Waals surface area contributed by atoms with Crippen LogP contribution < -0.4 is 0 Å². The van der Waals surface area contributed by atoms with E-state index in [1.54, 1.807) is 24.3 Å². The number of unbranched alkanes of at least 4 members (excludes halogenated alkanes) is 1. The van der Waals surface area contributed by atoms with Crippen LogP contribution in [0.3, 0.4) is 0 Å². The number of hydrogen-bond donors (Lipinski definition) is 0. The van der Waals surface area contributed by atoms with Crippen LogP contribution in [0.4, 0.5) is 0 Å². The van der Waals surface area contributed by atoms with Crippen molar-refractivity contribution in [2.45, 2.75) is 37.9 Å². The summed E-state index contributed by atoms with van der Waals surface area (Å²) in [5, 5.41) is 1.23. The van der Waals surface area contributed by atoms with Crippen LogP contribution in [0, 0.1) is 5.92 Å². The van der Waals surface area contributed by atoms with Crippen LogP contribution in [0.2, 0.25) is 0 Å². The minimum absolute atomic E-state index is 0.0408. The van der Waals surface area contributed by atoms with Crippen molar-refractivity contribution in [2.75, 3.05) is 17.8 Å². The summed E-state index contributed by atoms with van der Waals surface area (Å²) in [5.41, 5.74) is 0. The van der Waals surface area contributed by atoms with Gasteiger partial charge in [0.05, 0.1) is 0 Å². The summed E-state index contributed by atoms with van der Waals surface area (Å²) in [7, 11) is 0.0408. The van der Waals surface area contributed by atoms with Crippen LogP contribution in [-0.4, -0.2) is 23.0 Å². The Hall–Kier alpha value is 0.350. The molecule has 0 aromatic heterocycles. The highest BCUT2D eigenvalue weighted by atomic mass is 32.3. The minimum atomic E-state index is 0.0408. The Morgan fingerprint density at radius 2 is 2.27 bits per heavy atom. The lowest BCUT2D eigenvalue weighted by Gasteiger charge is -2.66. The average molecular weight is 172 g/mol. The third-order valence-electron chi connectivity index (χ3n) is 3.65. The first-order valence-electron chi connectivity index (χ1n) is 4.99. The minimum Gasteiger partial charge on any atom is -0.240 e. The second-order valence-electron chi connectivity index (χ2n) is 4.45. The van der Waals surface area contributed by atoms with E-state index in [0.717, 1.165) is 0 Å². The van der Waals surface area contributed by atoms with Crippen LogP contribution in [-0.2, 0) is 0 Å². The summed E-state index contributed by atoms with van der Waals surface area (Å²) in [6.07, 6.45) is 8.58. The van der Waals surface area contributed by atoms with Crippen molar-refractivity contribution in [3.8, 4) is 0 Å². The van der Waals surface area contributed by atoms with Gasteiger partial charge in [-0.1, -0.05) is 19.8 Å². The van der Waals surface area contributed by atoms with Crippen molar-refractivity contribution in [1.82, 2.24) is 0 Å². The first kappa shape index (κ1) is 7.97. The molecule has 0 spiro atoms. The molecule has 3 atom stereocenters. The highest BCUT2D eigenvalue weighted by Crippen LogP contribution is 2.72. The number of fused-ring (bicyclic) bond motifs is 1. The van der Waals surface area contributed by atoms with Crippen molar-refractivity contribution >= 4 is 10.0 Å². The van der Waals surface area contributed by atoms with E-state index >= 15 is 0 Å². The third kappa shape index (κ3) is 1.12. The van der Waals surface area contributed by atoms with Crippen LogP contribution in [0.15, 0.2) is 0 Å². The largest absolute Gasteiger partial charge is 0.240 e. The standard InChI is InChI=1S/C10H20S/c1-3-4-5-9-8-11(2)7-6-10(9)11/h9-10H,3-8H2,1-2H3. The van der Waals surface area contributed by atoms with Crippen molar-refractivity contribution < 1.29 is 0 Å². The van der Waals surface area contributed by atoms with Gasteiger partial charge in [0.1, 0.15) is 0 Å². The Labute approximate surface area is 72.1 Å². The van der Waals surface area contributed by atoms with Crippen molar-refractivity contribution in [1.29, 1.82) is 0 Å². The molecule has 0 aromatic rings. The Kier molecular flexibility index (Phi) is 1.95. The molecule has 0 N–H and O–H groups in total. The van der Waals surface area contributed by atoms with Crippen molar-refractivity contribution in [3.05, 3.63) is 0 Å². The van der Waals surface area contributed by atoms with Gasteiger partial charge in [-0.2, -0.15) is 0 Å². The highest BCUT2D eigenvalue weighted by molar-refractivity contribution is 8.35. The quantitative estimate of drug-likeness (QED) is 0.614. The summed E-state index contributed by atoms with van der Waals surface area (Å²) in [4.78, 5) is 0. The van der Waals surface area contributed by atoms with Crippen LogP contribution in [0.25, 0.3) is 0 Å². The van der Waals surface area contributed by atoms with Crippen molar-refractivity contribution in [2.24, 2.45) is 5.92 Å². The Bertz CT molecular complexity index is 155. The molecule has 1 heteroatoms. The SMILES string of the molecule is CCCCC1CS2(C)CCC12. The van der Waals surface area contributed by atoms with E-state index in [1.807, 2.05) is 0 Å². The fourth-order valence-corrected chi connectivity index (χ4v) is 6.68. The predicted octanol–water partition coefficient (Wildman–Crippen LogP) is 3.01. The summed E-state index contributed by atoms with van der Waals surface area (Å²) in [5.74, 6) is 4.42. The van der Waals surface area contributed by atoms with E-state index in [4.69, 9.17) is 0 Å². The van der Waals surface area contributed by atoms with E-state index in [-0.39, 0.29) is 10.0 Å². The van der Waals surface area contributed by atoms with Gasteiger partial charge >= 0.3 is 0 Å². The molecule has 0 nitrogen and oxygen atoms in total. The molecule has 11 heavy (non-hydrogen) atoms. The molecule has 2 heterocycles. The van der Waals surface area contributed by atoms with Gasteiger partial charge in [0.25, 0.3) is 0 Å². The monoisotopic (exact) mass is 172 g/mol. The first-order valence-corrected chi connectivity index (χ1v) is 7.43. The molecule has 66 valence electrons. The maximum absolute atomic E-state index is 2.57. The molecular weight excluding hydrogens is 152 g/mol. The normalized spacial score (nSPS) is 53.3. The summed E-state index contributed by atoms with van der Waals surface area (Å²) < 4.78 is 0. The van der Waals surface area contributed by atoms with Crippen LogP contribution in [0.1, 0.15) is 32.6 Å². The zero-order chi connectivity index (χ0) is 7.90. The van der Waals surface area contributed by atoms with E-state index in [2.05, 4.69) is 13.2 Å². The van der Waals surface area contributed by atoms with Crippen LogP contribution in [0.5, 0.6) is 0 Å². The van der Waals surface area contributed by atoms with Gasteiger partial charge in [-0.15, -0.1) is 0 Å². The molecule has 2 aliphatic rings. The topological polar surface area (TPSA) is 0 Å². The molecule has 0 aliphatic carbocycles. The molecule has 0 radical (unpaired) electrons. The van der Waals surface area contributed by atoms with E-state index in [0.29, 0.717) is 0 Å². The molecule has 2 aliphatic heterocycles. The van der Waals surface area contributed by atoms with Gasteiger partial charge < -0.3 is 0 Å². The lowest BCUT2D eigenvalue weighted by molar-refractivity contribution is 0.422. The van der Waals surface area contributed by atoms with E-state index < -0.39 is 0 Å². The Morgan fingerprint density at radius 1 is 1.45 bits per heavy atom. The molecule has 2 saturated heterocycles. The second-order valence-corrected chi connectivity index (χ2v) is 8.50. The molecule has 2 fully saturated rings. The van der Waals surface area contributed by atoms with Gasteiger partial charge in [-0.25, -0.2) is 10.0 Å². The van der Waals surface area contributed by atoms with Gasteiger partial charge in [-0.05, 0) is 41.8 Å². The lowest BCUT2D eigenvalue weighted by Crippen LogP contribution is -2.52. The predicted molar refractivity (Wildman–Crippen MR) is 54.7 cm³/mol.